The molecule has 0 radical (unpaired) electrons. The molecule has 0 unspecified atom stereocenters. The summed E-state index contributed by atoms with van der Waals surface area (Å²) in [7, 11) is 0. The van der Waals surface area contributed by atoms with Gasteiger partial charge < -0.3 is 26.0 Å². The van der Waals surface area contributed by atoms with Gasteiger partial charge in [-0.05, 0) is 39.8 Å². The van der Waals surface area contributed by atoms with Crippen LogP contribution in [0.2, 0.25) is 0 Å². The number of ether oxygens (including phenoxy) is 1. The molecule has 0 aliphatic rings. The van der Waals surface area contributed by atoms with Crippen LogP contribution in [0.15, 0.2) is 29.5 Å². The van der Waals surface area contributed by atoms with Crippen LogP contribution in [0, 0.1) is 0 Å². The van der Waals surface area contributed by atoms with Gasteiger partial charge in [0.25, 0.3) is 0 Å². The summed E-state index contributed by atoms with van der Waals surface area (Å²) in [6.45, 7) is 8.74. The number of aromatic nitrogens is 1. The molecule has 0 aliphatic heterocycles. The highest BCUT2D eigenvalue weighted by molar-refractivity contribution is 5.93. The van der Waals surface area contributed by atoms with Crippen molar-refractivity contribution in [3.05, 3.63) is 24.5 Å². The molecule has 0 saturated carbocycles. The number of rotatable bonds is 7. The Morgan fingerprint density at radius 1 is 1.19 bits per heavy atom. The maximum atomic E-state index is 11.9. The number of carbonyl (C=O) groups is 2. The molecule has 0 bridgehead atoms. The average Bonchev–Trinajstić information content (AvgIpc) is 2.55. The van der Waals surface area contributed by atoms with Crippen LogP contribution in [0.1, 0.15) is 27.7 Å². The third kappa shape index (κ3) is 10.1. The van der Waals surface area contributed by atoms with E-state index in [1.54, 1.807) is 45.3 Å². The Bertz CT molecular complexity index is 598. The molecule has 4 N–H and O–H groups in total. The molecule has 1 aromatic rings. The third-order valence-electron chi connectivity index (χ3n) is 2.76. The smallest absolute Gasteiger partial charge is 0.407 e. The first kappa shape index (κ1) is 21.2. The zero-order valence-corrected chi connectivity index (χ0v) is 15.8. The first-order valence-corrected chi connectivity index (χ1v) is 8.49. The Labute approximate surface area is 154 Å². The molecule has 2 amide bonds. The van der Waals surface area contributed by atoms with Crippen LogP contribution in [0.4, 0.5) is 10.5 Å². The van der Waals surface area contributed by atoms with Crippen LogP contribution in [0.3, 0.4) is 0 Å². The van der Waals surface area contributed by atoms with Gasteiger partial charge in [-0.3, -0.25) is 9.78 Å². The van der Waals surface area contributed by atoms with Crippen molar-refractivity contribution in [3.63, 3.8) is 0 Å². The molecule has 1 heterocycles. The van der Waals surface area contributed by atoms with Crippen molar-refractivity contribution < 1.29 is 14.3 Å². The molecule has 0 fully saturated rings. The number of anilines is 1. The Morgan fingerprint density at radius 3 is 2.54 bits per heavy atom. The fraction of sp³-hybridized carbons (Fsp3) is 0.529. The summed E-state index contributed by atoms with van der Waals surface area (Å²) < 4.78 is 5.15. The molecule has 0 aliphatic carbocycles. The minimum atomic E-state index is -0.532. The average molecular weight is 364 g/mol. The number of pyridine rings is 1. The fourth-order valence-corrected chi connectivity index (χ4v) is 1.79. The van der Waals surface area contributed by atoms with Gasteiger partial charge in [0.15, 0.2) is 5.96 Å². The molecular formula is C17H28N6O3. The van der Waals surface area contributed by atoms with Crippen LogP contribution in [0.5, 0.6) is 0 Å². The number of aliphatic imine (C=N–C) groups is 1. The van der Waals surface area contributed by atoms with E-state index in [9.17, 15) is 9.59 Å². The lowest BCUT2D eigenvalue weighted by Gasteiger charge is -2.19. The predicted molar refractivity (Wildman–Crippen MR) is 101 cm³/mol. The summed E-state index contributed by atoms with van der Waals surface area (Å²) in [6.07, 6.45) is 2.72. The lowest BCUT2D eigenvalue weighted by atomic mass is 10.2. The van der Waals surface area contributed by atoms with E-state index in [-0.39, 0.29) is 12.5 Å². The molecular weight excluding hydrogens is 336 g/mol. The lowest BCUT2D eigenvalue weighted by molar-refractivity contribution is -0.114. The maximum absolute atomic E-state index is 11.9. The maximum Gasteiger partial charge on any atom is 0.407 e. The second-order valence-electron chi connectivity index (χ2n) is 6.34. The molecule has 0 spiro atoms. The number of nitrogens with zero attached hydrogens (tertiary/aromatic N) is 2. The number of nitrogens with one attached hydrogen (secondary N) is 4. The summed E-state index contributed by atoms with van der Waals surface area (Å²) in [6, 6.07) is 3.49. The zero-order valence-electron chi connectivity index (χ0n) is 15.8. The van der Waals surface area contributed by atoms with E-state index < -0.39 is 11.7 Å². The van der Waals surface area contributed by atoms with E-state index >= 15 is 0 Å². The molecule has 144 valence electrons. The van der Waals surface area contributed by atoms with Crippen molar-refractivity contribution in [3.8, 4) is 0 Å². The highest BCUT2D eigenvalue weighted by Gasteiger charge is 2.15. The molecule has 0 atom stereocenters. The van der Waals surface area contributed by atoms with Crippen LogP contribution >= 0.6 is 0 Å². The van der Waals surface area contributed by atoms with Crippen molar-refractivity contribution in [1.29, 1.82) is 0 Å². The van der Waals surface area contributed by atoms with E-state index in [1.807, 2.05) is 6.92 Å². The van der Waals surface area contributed by atoms with Crippen molar-refractivity contribution in [2.24, 2.45) is 4.99 Å². The number of hydrogen-bond acceptors (Lipinski definition) is 5. The Hall–Kier alpha value is -2.84. The molecule has 26 heavy (non-hydrogen) atoms. The standard InChI is InChI=1S/C17H28N6O3/c1-5-19-15(20-9-10-21-16(25)26-17(2,3)4)22-12-14(24)23-13-7-6-8-18-11-13/h6-8,11H,5,9-10,12H2,1-4H3,(H,21,25)(H,23,24)(H2,19,20,22). The van der Waals surface area contributed by atoms with Gasteiger partial charge in [0.05, 0.1) is 11.9 Å². The van der Waals surface area contributed by atoms with Crippen molar-refractivity contribution in [1.82, 2.24) is 20.9 Å². The number of alkyl carbamates (subject to hydrolysis) is 1. The zero-order chi connectivity index (χ0) is 19.4. The van der Waals surface area contributed by atoms with Gasteiger partial charge in [-0.25, -0.2) is 9.79 Å². The molecule has 9 nitrogen and oxygen atoms in total. The topological polar surface area (TPSA) is 117 Å². The Kier molecular flexibility index (Phi) is 8.90. The summed E-state index contributed by atoms with van der Waals surface area (Å²) in [4.78, 5) is 31.6. The highest BCUT2D eigenvalue weighted by Crippen LogP contribution is 2.06. The quantitative estimate of drug-likeness (QED) is 0.327. The highest BCUT2D eigenvalue weighted by atomic mass is 16.6. The van der Waals surface area contributed by atoms with E-state index in [0.29, 0.717) is 31.3 Å². The SMILES string of the molecule is CCNC(=NCC(=O)Nc1cccnc1)NCCNC(=O)OC(C)(C)C. The van der Waals surface area contributed by atoms with E-state index in [1.165, 1.54) is 0 Å². The van der Waals surface area contributed by atoms with Gasteiger partial charge in [-0.15, -0.1) is 0 Å². The predicted octanol–water partition coefficient (Wildman–Crippen LogP) is 1.10. The molecule has 0 saturated heterocycles. The number of hydrogen-bond donors (Lipinski definition) is 4. The van der Waals surface area contributed by atoms with Gasteiger partial charge in [-0.1, -0.05) is 0 Å². The van der Waals surface area contributed by atoms with Crippen molar-refractivity contribution in [2.75, 3.05) is 31.5 Å². The van der Waals surface area contributed by atoms with Crippen LogP contribution in [-0.2, 0) is 9.53 Å². The van der Waals surface area contributed by atoms with Gasteiger partial charge >= 0.3 is 6.09 Å². The molecule has 1 aromatic heterocycles. The summed E-state index contributed by atoms with van der Waals surface area (Å²) in [5.41, 5.74) is 0.0856. The second-order valence-corrected chi connectivity index (χ2v) is 6.34. The largest absolute Gasteiger partial charge is 0.444 e. The van der Waals surface area contributed by atoms with E-state index in [2.05, 4.69) is 31.2 Å². The first-order valence-electron chi connectivity index (χ1n) is 8.49. The van der Waals surface area contributed by atoms with Crippen LogP contribution in [-0.4, -0.2) is 54.7 Å². The van der Waals surface area contributed by atoms with Gasteiger partial charge in [0.2, 0.25) is 5.91 Å². The van der Waals surface area contributed by atoms with Gasteiger partial charge in [0.1, 0.15) is 12.1 Å². The van der Waals surface area contributed by atoms with Gasteiger partial charge in [-0.2, -0.15) is 0 Å². The first-order chi connectivity index (χ1) is 12.3. The van der Waals surface area contributed by atoms with Gasteiger partial charge in [0, 0.05) is 25.8 Å². The fourth-order valence-electron chi connectivity index (χ4n) is 1.79. The minimum absolute atomic E-state index is 0.0380. The van der Waals surface area contributed by atoms with Crippen LogP contribution in [0.25, 0.3) is 0 Å². The summed E-state index contributed by atoms with van der Waals surface area (Å²) in [5.74, 6) is 0.238. The van der Waals surface area contributed by atoms with E-state index in [0.717, 1.165) is 0 Å². The van der Waals surface area contributed by atoms with Crippen molar-refractivity contribution in [2.45, 2.75) is 33.3 Å². The number of carbonyl (C=O) groups excluding carboxylic acids is 2. The lowest BCUT2D eigenvalue weighted by Crippen LogP contribution is -2.42. The monoisotopic (exact) mass is 364 g/mol. The normalized spacial score (nSPS) is 11.5. The Balaban J connectivity index is 2.36. The molecule has 9 heteroatoms. The van der Waals surface area contributed by atoms with Crippen LogP contribution < -0.4 is 21.3 Å². The molecule has 1 rings (SSSR count). The Morgan fingerprint density at radius 2 is 1.92 bits per heavy atom. The van der Waals surface area contributed by atoms with E-state index in [4.69, 9.17) is 4.74 Å². The third-order valence-corrected chi connectivity index (χ3v) is 2.76. The summed E-state index contributed by atoms with van der Waals surface area (Å²) in [5, 5.41) is 11.4. The minimum Gasteiger partial charge on any atom is -0.444 e. The summed E-state index contributed by atoms with van der Waals surface area (Å²) >= 11 is 0. The van der Waals surface area contributed by atoms with Crippen molar-refractivity contribution >= 4 is 23.6 Å². The molecule has 0 aromatic carbocycles. The second kappa shape index (κ2) is 10.9. The number of guanidine groups is 1. The number of amides is 2.